The predicted octanol–water partition coefficient (Wildman–Crippen LogP) is 3.45. The number of nitrogens with zero attached hydrogens (tertiary/aromatic N) is 4. The van der Waals surface area contributed by atoms with E-state index >= 15 is 0 Å². The first-order chi connectivity index (χ1) is 17.1. The zero-order valence-corrected chi connectivity index (χ0v) is 19.4. The van der Waals surface area contributed by atoms with E-state index in [0.717, 1.165) is 24.1 Å². The van der Waals surface area contributed by atoms with Gasteiger partial charge in [0.1, 0.15) is 5.82 Å². The summed E-state index contributed by atoms with van der Waals surface area (Å²) in [5.41, 5.74) is 2.81. The van der Waals surface area contributed by atoms with Gasteiger partial charge in [-0.25, -0.2) is 4.39 Å². The molecule has 1 N–H and O–H groups in total. The predicted molar refractivity (Wildman–Crippen MR) is 131 cm³/mol. The zero-order chi connectivity index (χ0) is 24.2. The molecular weight excluding hydrogens is 445 g/mol. The summed E-state index contributed by atoms with van der Waals surface area (Å²) >= 11 is 0. The molecule has 0 atom stereocenters. The smallest absolute Gasteiger partial charge is 0.238 e. The van der Waals surface area contributed by atoms with E-state index in [0.29, 0.717) is 44.3 Å². The van der Waals surface area contributed by atoms with Gasteiger partial charge in [-0.1, -0.05) is 24.3 Å². The second kappa shape index (κ2) is 10.3. The molecule has 3 aromatic rings. The molecule has 0 aliphatic carbocycles. The lowest BCUT2D eigenvalue weighted by molar-refractivity contribution is -0.131. The quantitative estimate of drug-likeness (QED) is 0.593. The lowest BCUT2D eigenvalue weighted by Gasteiger charge is -2.33. The molecule has 2 aliphatic heterocycles. The maximum absolute atomic E-state index is 13.1. The highest BCUT2D eigenvalue weighted by Crippen LogP contribution is 2.32. The Bertz CT molecular complexity index is 1160. The number of carbonyl (C=O) groups is 2. The molecule has 0 spiro atoms. The van der Waals surface area contributed by atoms with E-state index < -0.39 is 0 Å². The summed E-state index contributed by atoms with van der Waals surface area (Å²) in [4.78, 5) is 29.4. The van der Waals surface area contributed by atoms with Crippen molar-refractivity contribution in [3.05, 3.63) is 83.8 Å². The molecule has 5 rings (SSSR count). The van der Waals surface area contributed by atoms with Crippen LogP contribution in [0.2, 0.25) is 0 Å². The van der Waals surface area contributed by atoms with Crippen LogP contribution < -0.4 is 10.2 Å². The molecule has 0 saturated carbocycles. The minimum absolute atomic E-state index is 0.0185. The zero-order valence-electron chi connectivity index (χ0n) is 19.4. The molecule has 2 saturated heterocycles. The monoisotopic (exact) mass is 473 g/mol. The molecule has 7 nitrogen and oxygen atoms in total. The van der Waals surface area contributed by atoms with Gasteiger partial charge in [0.05, 0.1) is 18.0 Å². The van der Waals surface area contributed by atoms with Gasteiger partial charge in [0.25, 0.3) is 0 Å². The molecule has 2 amide bonds. The first-order valence-corrected chi connectivity index (χ1v) is 12.0. The number of anilines is 2. The standard InChI is InChI=1S/C27H28FN5O2/c28-23-7-3-19(4-8-23)16-26(34)32-14-11-21(12-15-32)20-5-9-24(10-6-20)33(25-2-1-13-30-31-25)27(35)22-17-29-18-22/h1-10,13,21-22,29H,11-12,14-18H2. The number of halogens is 1. The Hall–Kier alpha value is -3.65. The number of hydrogen-bond donors (Lipinski definition) is 1. The van der Waals surface area contributed by atoms with Crippen LogP contribution in [0.4, 0.5) is 15.9 Å². The molecule has 180 valence electrons. The molecule has 8 heteroatoms. The van der Waals surface area contributed by atoms with Gasteiger partial charge in [0.2, 0.25) is 11.8 Å². The third-order valence-corrected chi connectivity index (χ3v) is 6.88. The number of amides is 2. The maximum Gasteiger partial charge on any atom is 0.238 e. The molecule has 3 heterocycles. The Balaban J connectivity index is 1.23. The van der Waals surface area contributed by atoms with E-state index in [1.165, 1.54) is 17.7 Å². The largest absolute Gasteiger partial charge is 0.342 e. The van der Waals surface area contributed by atoms with E-state index in [1.807, 2.05) is 17.0 Å². The van der Waals surface area contributed by atoms with Gasteiger partial charge in [0, 0.05) is 32.4 Å². The fourth-order valence-electron chi connectivity index (χ4n) is 4.68. The molecule has 0 unspecified atom stereocenters. The van der Waals surface area contributed by atoms with Crippen molar-refractivity contribution >= 4 is 23.3 Å². The number of carbonyl (C=O) groups excluding carboxylic acids is 2. The van der Waals surface area contributed by atoms with E-state index in [2.05, 4.69) is 27.6 Å². The summed E-state index contributed by atoms with van der Waals surface area (Å²) in [7, 11) is 0. The van der Waals surface area contributed by atoms with Crippen molar-refractivity contribution < 1.29 is 14.0 Å². The van der Waals surface area contributed by atoms with Crippen LogP contribution in [-0.4, -0.2) is 53.1 Å². The Labute approximate surface area is 204 Å². The summed E-state index contributed by atoms with van der Waals surface area (Å²) in [5.74, 6) is 0.616. The second-order valence-corrected chi connectivity index (χ2v) is 9.16. The number of piperidine rings is 1. The van der Waals surface area contributed by atoms with Crippen molar-refractivity contribution in [3.63, 3.8) is 0 Å². The lowest BCUT2D eigenvalue weighted by Crippen LogP contribution is -2.51. The average Bonchev–Trinajstić information content (AvgIpc) is 2.86. The van der Waals surface area contributed by atoms with Crippen LogP contribution in [0, 0.1) is 11.7 Å². The van der Waals surface area contributed by atoms with Crippen molar-refractivity contribution in [1.82, 2.24) is 20.4 Å². The van der Waals surface area contributed by atoms with Crippen molar-refractivity contribution in [2.75, 3.05) is 31.1 Å². The summed E-state index contributed by atoms with van der Waals surface area (Å²) in [5, 5.41) is 11.3. The summed E-state index contributed by atoms with van der Waals surface area (Å²) < 4.78 is 13.1. The molecule has 2 aliphatic rings. The van der Waals surface area contributed by atoms with Crippen molar-refractivity contribution in [1.29, 1.82) is 0 Å². The normalized spacial score (nSPS) is 16.5. The van der Waals surface area contributed by atoms with Gasteiger partial charge in [-0.2, -0.15) is 5.10 Å². The van der Waals surface area contributed by atoms with Crippen LogP contribution in [0.3, 0.4) is 0 Å². The average molecular weight is 474 g/mol. The van der Waals surface area contributed by atoms with Crippen LogP contribution >= 0.6 is 0 Å². The highest BCUT2D eigenvalue weighted by atomic mass is 19.1. The number of aromatic nitrogens is 2. The van der Waals surface area contributed by atoms with Crippen LogP contribution in [0.5, 0.6) is 0 Å². The van der Waals surface area contributed by atoms with Crippen LogP contribution in [0.15, 0.2) is 66.9 Å². The van der Waals surface area contributed by atoms with Crippen LogP contribution in [-0.2, 0) is 16.0 Å². The summed E-state index contributed by atoms with van der Waals surface area (Å²) in [6.07, 6.45) is 3.66. The van der Waals surface area contributed by atoms with Gasteiger partial charge in [-0.05, 0) is 66.3 Å². The van der Waals surface area contributed by atoms with Gasteiger partial charge in [-0.15, -0.1) is 5.10 Å². The number of likely N-dealkylation sites (tertiary alicyclic amines) is 1. The fourth-order valence-corrected chi connectivity index (χ4v) is 4.68. The third kappa shape index (κ3) is 5.22. The summed E-state index contributed by atoms with van der Waals surface area (Å²) in [6.45, 7) is 2.74. The van der Waals surface area contributed by atoms with E-state index in [9.17, 15) is 14.0 Å². The Kier molecular flexibility index (Phi) is 6.81. The van der Waals surface area contributed by atoms with E-state index in [1.54, 1.807) is 35.4 Å². The van der Waals surface area contributed by atoms with Crippen molar-refractivity contribution in [3.8, 4) is 0 Å². The van der Waals surface area contributed by atoms with Crippen molar-refractivity contribution in [2.24, 2.45) is 5.92 Å². The van der Waals surface area contributed by atoms with Gasteiger partial charge < -0.3 is 10.2 Å². The molecule has 0 radical (unpaired) electrons. The van der Waals surface area contributed by atoms with Gasteiger partial charge in [0.15, 0.2) is 5.82 Å². The highest BCUT2D eigenvalue weighted by molar-refractivity contribution is 6.01. The molecule has 2 aromatic carbocycles. The first-order valence-electron chi connectivity index (χ1n) is 12.0. The number of rotatable bonds is 6. The van der Waals surface area contributed by atoms with Crippen LogP contribution in [0.25, 0.3) is 0 Å². The van der Waals surface area contributed by atoms with Crippen LogP contribution in [0.1, 0.15) is 29.9 Å². The SMILES string of the molecule is O=C(Cc1ccc(F)cc1)N1CCC(c2ccc(N(C(=O)C3CNC3)c3cccnn3)cc2)CC1. The lowest BCUT2D eigenvalue weighted by atomic mass is 9.89. The molecule has 0 bridgehead atoms. The minimum Gasteiger partial charge on any atom is -0.342 e. The molecule has 1 aromatic heterocycles. The maximum atomic E-state index is 13.1. The topological polar surface area (TPSA) is 78.4 Å². The van der Waals surface area contributed by atoms with Gasteiger partial charge >= 0.3 is 0 Å². The Morgan fingerprint density at radius 1 is 1.00 bits per heavy atom. The Morgan fingerprint density at radius 3 is 2.31 bits per heavy atom. The number of benzene rings is 2. The third-order valence-electron chi connectivity index (χ3n) is 6.88. The molecule has 35 heavy (non-hydrogen) atoms. The molecule has 2 fully saturated rings. The Morgan fingerprint density at radius 2 is 1.71 bits per heavy atom. The van der Waals surface area contributed by atoms with Crippen molar-refractivity contribution in [2.45, 2.75) is 25.2 Å². The van der Waals surface area contributed by atoms with E-state index in [-0.39, 0.29) is 23.5 Å². The van der Waals surface area contributed by atoms with Gasteiger partial charge in [-0.3, -0.25) is 14.5 Å². The highest BCUT2D eigenvalue weighted by Gasteiger charge is 2.32. The number of hydrogen-bond acceptors (Lipinski definition) is 5. The summed E-state index contributed by atoms with van der Waals surface area (Å²) in [6, 6.07) is 17.8. The fraction of sp³-hybridized carbons (Fsp3) is 0.333. The second-order valence-electron chi connectivity index (χ2n) is 9.16. The molecular formula is C27H28FN5O2. The van der Waals surface area contributed by atoms with E-state index in [4.69, 9.17) is 0 Å². The first kappa shape index (κ1) is 23.1. The number of nitrogens with one attached hydrogen (secondary N) is 1. The minimum atomic E-state index is -0.294.